The summed E-state index contributed by atoms with van der Waals surface area (Å²) in [6.45, 7) is 48.3. The van der Waals surface area contributed by atoms with Gasteiger partial charge in [-0.25, -0.2) is 0 Å². The average molecular weight is 691 g/mol. The molecular weight excluding hydrogens is 625 g/mol. The van der Waals surface area contributed by atoms with Crippen molar-refractivity contribution in [1.82, 2.24) is 0 Å². The standard InChI is InChI=1S/C32H65GeSi6/c1-34(2,3)30(35(4,5)6)26-24-27(31(36(7,8)9)37(10,11)12)29(33-22-20-19-21-23-33)28(25-26)32(38(13,14)15)39(16,17)18/h19-22,24-25,30-32H,23H2,1-18H3. The summed E-state index contributed by atoms with van der Waals surface area (Å²) < 4.78 is 1.95. The number of hydrogen-bond donors (Lipinski definition) is 0. The van der Waals surface area contributed by atoms with E-state index in [0.717, 1.165) is 15.5 Å². The summed E-state index contributed by atoms with van der Waals surface area (Å²) in [6.07, 6.45) is 7.25. The number of benzene rings is 1. The van der Waals surface area contributed by atoms with Gasteiger partial charge in [0.2, 0.25) is 0 Å². The van der Waals surface area contributed by atoms with Crippen LogP contribution in [0.5, 0.6) is 0 Å². The first-order chi connectivity index (χ1) is 17.2. The molecule has 221 valence electrons. The van der Waals surface area contributed by atoms with Gasteiger partial charge in [0.15, 0.2) is 0 Å². The molecule has 0 nitrogen and oxygen atoms in total. The summed E-state index contributed by atoms with van der Waals surface area (Å²) in [5.41, 5.74) is 5.55. The zero-order valence-corrected chi connectivity index (χ0v) is 37.5. The van der Waals surface area contributed by atoms with Gasteiger partial charge in [0.05, 0.1) is 0 Å². The quantitative estimate of drug-likeness (QED) is 0.214. The van der Waals surface area contributed by atoms with Crippen molar-refractivity contribution < 1.29 is 0 Å². The van der Waals surface area contributed by atoms with E-state index < -0.39 is 62.8 Å². The molecule has 39 heavy (non-hydrogen) atoms. The van der Waals surface area contributed by atoms with Gasteiger partial charge in [-0.2, -0.15) is 0 Å². The van der Waals surface area contributed by atoms with Crippen molar-refractivity contribution in [2.24, 2.45) is 0 Å². The molecule has 0 fully saturated rings. The van der Waals surface area contributed by atoms with Gasteiger partial charge in [0, 0.05) is 0 Å². The molecule has 7 heteroatoms. The van der Waals surface area contributed by atoms with Crippen molar-refractivity contribution in [1.29, 1.82) is 0 Å². The van der Waals surface area contributed by atoms with Crippen molar-refractivity contribution in [2.45, 2.75) is 139 Å². The van der Waals surface area contributed by atoms with Gasteiger partial charge in [0.25, 0.3) is 0 Å². The van der Waals surface area contributed by atoms with E-state index in [-0.39, 0.29) is 0 Å². The molecule has 0 spiro atoms. The molecule has 1 heterocycles. The summed E-state index contributed by atoms with van der Waals surface area (Å²) in [5, 5.41) is 3.75. The minimum absolute atomic E-state index is 0.802. The second-order valence-electron chi connectivity index (χ2n) is 19.1. The van der Waals surface area contributed by atoms with Crippen molar-refractivity contribution in [3.63, 3.8) is 0 Å². The first-order valence-electron chi connectivity index (χ1n) is 15.6. The van der Waals surface area contributed by atoms with Crippen molar-refractivity contribution in [2.75, 3.05) is 0 Å². The SMILES string of the molecule is C[Si](C)(C)C(c1cc(C([Si](C)(C)C)[Si](C)(C)C)[c]([Ge]2[CH]=CC=C[CH2]2)c(C([Si](C)(C)C)[Si](C)(C)C)c1)[Si](C)(C)C. The molecule has 0 atom stereocenters. The second-order valence-corrected chi connectivity index (χ2v) is 57.5. The first-order valence-corrected chi connectivity index (χ1v) is 40.8. The molecule has 0 bridgehead atoms. The van der Waals surface area contributed by atoms with E-state index in [9.17, 15) is 0 Å². The maximum atomic E-state index is 2.90. The van der Waals surface area contributed by atoms with Crippen LogP contribution in [-0.2, 0) is 0 Å². The van der Waals surface area contributed by atoms with Crippen molar-refractivity contribution >= 4 is 67.2 Å². The number of allylic oxidation sites excluding steroid dienone is 3. The van der Waals surface area contributed by atoms with Crippen molar-refractivity contribution in [3.05, 3.63) is 52.0 Å². The molecule has 1 aromatic rings. The molecular formula is C32H65GeSi6. The normalized spacial score (nSPS) is 16.7. The molecule has 1 radical (unpaired) electrons. The maximum absolute atomic E-state index is 2.90. The van der Waals surface area contributed by atoms with Gasteiger partial charge in [-0.05, 0) is 0 Å². The van der Waals surface area contributed by atoms with Gasteiger partial charge < -0.3 is 0 Å². The van der Waals surface area contributed by atoms with Crippen LogP contribution in [0.15, 0.2) is 35.3 Å². The fourth-order valence-corrected chi connectivity index (χ4v) is 53.6. The van der Waals surface area contributed by atoms with Crippen LogP contribution in [0.2, 0.25) is 123 Å². The fourth-order valence-electron chi connectivity index (χ4n) is 9.17. The molecule has 0 N–H and O–H groups in total. The molecule has 1 aliphatic rings. The van der Waals surface area contributed by atoms with E-state index in [1.54, 1.807) is 5.56 Å². The Bertz CT molecular complexity index is 968. The van der Waals surface area contributed by atoms with Crippen LogP contribution in [0, 0.1) is 0 Å². The second kappa shape index (κ2) is 11.9. The first kappa shape index (κ1) is 35.7. The monoisotopic (exact) mass is 691 g/mol. The Balaban J connectivity index is 3.28. The van der Waals surface area contributed by atoms with Crippen LogP contribution in [-0.4, -0.2) is 62.8 Å². The summed E-state index contributed by atoms with van der Waals surface area (Å²) in [4.78, 5) is 2.73. The third-order valence-corrected chi connectivity index (χ3v) is 41.7. The van der Waals surface area contributed by atoms with E-state index in [0.29, 0.717) is 0 Å². The van der Waals surface area contributed by atoms with Crippen LogP contribution in [0.3, 0.4) is 0 Å². The van der Waals surface area contributed by atoms with Gasteiger partial charge in [-0.3, -0.25) is 0 Å². The zero-order chi connectivity index (χ0) is 30.6. The Morgan fingerprint density at radius 2 is 0.821 bits per heavy atom. The topological polar surface area (TPSA) is 0 Å². The van der Waals surface area contributed by atoms with Gasteiger partial charge >= 0.3 is 258 Å². The van der Waals surface area contributed by atoms with E-state index >= 15 is 0 Å². The number of hydrogen-bond acceptors (Lipinski definition) is 0. The predicted molar refractivity (Wildman–Crippen MR) is 203 cm³/mol. The Kier molecular flexibility index (Phi) is 10.9. The molecule has 0 aromatic heterocycles. The summed E-state index contributed by atoms with van der Waals surface area (Å²) >= 11 is -1.61. The molecule has 0 aliphatic carbocycles. The molecule has 1 aliphatic heterocycles. The summed E-state index contributed by atoms with van der Waals surface area (Å²) in [6, 6.07) is 5.80. The molecule has 0 saturated carbocycles. The Morgan fingerprint density at radius 1 is 0.487 bits per heavy atom. The van der Waals surface area contributed by atoms with E-state index in [1.807, 2.05) is 15.5 Å². The molecule has 0 unspecified atom stereocenters. The minimum atomic E-state index is -1.61. The Labute approximate surface area is 256 Å². The van der Waals surface area contributed by atoms with Gasteiger partial charge in [-0.1, -0.05) is 0 Å². The molecule has 1 aromatic carbocycles. The van der Waals surface area contributed by atoms with Crippen molar-refractivity contribution in [3.8, 4) is 0 Å². The van der Waals surface area contributed by atoms with Crippen LogP contribution in [0.1, 0.15) is 32.2 Å². The van der Waals surface area contributed by atoms with E-state index in [4.69, 9.17) is 0 Å². The fraction of sp³-hybridized carbons (Fsp3) is 0.688. The third kappa shape index (κ3) is 8.79. The van der Waals surface area contributed by atoms with Crippen LogP contribution in [0.4, 0.5) is 0 Å². The van der Waals surface area contributed by atoms with Crippen LogP contribution in [0.25, 0.3) is 0 Å². The Hall–Kier alpha value is 0.544. The predicted octanol–water partition coefficient (Wildman–Crippen LogP) is 10.6. The van der Waals surface area contributed by atoms with Gasteiger partial charge in [0.1, 0.15) is 0 Å². The molecule has 0 amide bonds. The number of rotatable bonds is 10. The summed E-state index contributed by atoms with van der Waals surface area (Å²) in [5.74, 6) is 0. The Morgan fingerprint density at radius 3 is 1.08 bits per heavy atom. The molecule has 2 rings (SSSR count). The zero-order valence-electron chi connectivity index (χ0n) is 29.4. The summed E-state index contributed by atoms with van der Waals surface area (Å²) in [7, 11) is -8.71. The third-order valence-electron chi connectivity index (χ3n) is 8.58. The van der Waals surface area contributed by atoms with Crippen LogP contribution < -0.4 is 4.40 Å². The van der Waals surface area contributed by atoms with Crippen LogP contribution >= 0.6 is 0 Å². The average Bonchev–Trinajstić information content (AvgIpc) is 2.61. The van der Waals surface area contributed by atoms with E-state index in [1.165, 1.54) is 5.25 Å². The van der Waals surface area contributed by atoms with Gasteiger partial charge in [-0.15, -0.1) is 0 Å². The molecule has 0 saturated heterocycles. The van der Waals surface area contributed by atoms with E-state index in [2.05, 4.69) is 153 Å².